The molecule has 1 amide bonds. The molecule has 0 radical (unpaired) electrons. The Morgan fingerprint density at radius 2 is 1.82 bits per heavy atom. The Kier molecular flexibility index (Phi) is 6.43. The number of hydrogen-bond donors (Lipinski definition) is 3. The second kappa shape index (κ2) is 9.93. The van der Waals surface area contributed by atoms with E-state index in [0.717, 1.165) is 24.1 Å². The van der Waals surface area contributed by atoms with E-state index < -0.39 is 6.23 Å². The van der Waals surface area contributed by atoms with E-state index in [1.807, 2.05) is 36.4 Å². The van der Waals surface area contributed by atoms with E-state index >= 15 is 0 Å². The number of furan rings is 1. The van der Waals surface area contributed by atoms with Crippen LogP contribution in [0.25, 0.3) is 33.4 Å². The van der Waals surface area contributed by atoms with Crippen LogP contribution in [0.15, 0.2) is 89.5 Å². The van der Waals surface area contributed by atoms with Crippen LogP contribution in [0.3, 0.4) is 0 Å². The van der Waals surface area contributed by atoms with Crippen LogP contribution in [0, 0.1) is 5.82 Å². The molecule has 1 unspecified atom stereocenters. The van der Waals surface area contributed by atoms with Crippen molar-refractivity contribution in [2.75, 3.05) is 7.05 Å². The van der Waals surface area contributed by atoms with Gasteiger partial charge in [-0.2, -0.15) is 0 Å². The van der Waals surface area contributed by atoms with Gasteiger partial charge in [-0.05, 0) is 84.6 Å². The van der Waals surface area contributed by atoms with Gasteiger partial charge >= 0.3 is 0 Å². The van der Waals surface area contributed by atoms with Gasteiger partial charge in [-0.1, -0.05) is 29.8 Å². The number of hydrogen-bond acceptors (Lipinski definition) is 5. The van der Waals surface area contributed by atoms with Gasteiger partial charge in [0.2, 0.25) is 0 Å². The number of nitrogens with one attached hydrogen (secondary N) is 2. The molecule has 1 aliphatic carbocycles. The number of carbonyl (C=O) groups is 1. The van der Waals surface area contributed by atoms with Crippen molar-refractivity contribution in [1.29, 1.82) is 0 Å². The van der Waals surface area contributed by atoms with E-state index in [0.29, 0.717) is 44.0 Å². The molecule has 39 heavy (non-hydrogen) atoms. The SMILES string of the molecule is CNC(=O)c1c(-c2ccc(F)cc2)oc2ccc(-c3cc(C(O)NC4(c5ccccn5)CC4)ccc3Cl)cc12. The number of nitrogens with zero attached hydrogens (tertiary/aromatic N) is 1. The van der Waals surface area contributed by atoms with Gasteiger partial charge in [-0.3, -0.25) is 15.1 Å². The van der Waals surface area contributed by atoms with Crippen LogP contribution in [-0.2, 0) is 5.54 Å². The molecule has 5 aromatic rings. The quantitative estimate of drug-likeness (QED) is 0.202. The lowest BCUT2D eigenvalue weighted by molar-refractivity contribution is 0.0964. The van der Waals surface area contributed by atoms with Crippen molar-refractivity contribution in [3.05, 3.63) is 113 Å². The molecule has 1 atom stereocenters. The molecular formula is C31H25ClFN3O3. The summed E-state index contributed by atoms with van der Waals surface area (Å²) in [4.78, 5) is 17.4. The monoisotopic (exact) mass is 541 g/mol. The topological polar surface area (TPSA) is 87.4 Å². The maximum atomic E-state index is 13.5. The maximum Gasteiger partial charge on any atom is 0.255 e. The predicted molar refractivity (Wildman–Crippen MR) is 149 cm³/mol. The molecule has 2 heterocycles. The van der Waals surface area contributed by atoms with Crippen LogP contribution in [0.2, 0.25) is 5.02 Å². The first-order valence-electron chi connectivity index (χ1n) is 12.6. The van der Waals surface area contributed by atoms with E-state index in [1.54, 1.807) is 43.6 Å². The van der Waals surface area contributed by atoms with Crippen molar-refractivity contribution in [2.24, 2.45) is 0 Å². The minimum atomic E-state index is -0.935. The number of aliphatic hydroxyl groups is 1. The van der Waals surface area contributed by atoms with Gasteiger partial charge in [-0.15, -0.1) is 0 Å². The van der Waals surface area contributed by atoms with E-state index in [-0.39, 0.29) is 17.3 Å². The number of carbonyl (C=O) groups excluding carboxylic acids is 1. The Hall–Kier alpha value is -4.04. The van der Waals surface area contributed by atoms with Gasteiger partial charge in [0.05, 0.1) is 16.8 Å². The molecule has 0 saturated heterocycles. The average molecular weight is 542 g/mol. The molecule has 3 N–H and O–H groups in total. The number of amides is 1. The summed E-state index contributed by atoms with van der Waals surface area (Å²) >= 11 is 6.62. The second-order valence-corrected chi connectivity index (χ2v) is 10.1. The fraction of sp³-hybridized carbons (Fsp3) is 0.161. The standard InChI is InChI=1S/C31H25ClFN3O3/c1-34-30(38)27-23-16-19(8-12-25(23)39-28(27)18-5-9-21(33)10-6-18)22-17-20(7-11-24(22)32)29(37)36-31(13-14-31)26-4-2-3-15-35-26/h2-12,15-17,29,36-37H,13-14H2,1H3,(H,34,38). The third-order valence-corrected chi connectivity index (χ3v) is 7.51. The van der Waals surface area contributed by atoms with Gasteiger partial charge < -0.3 is 14.8 Å². The highest BCUT2D eigenvalue weighted by molar-refractivity contribution is 6.33. The molecule has 2 aromatic heterocycles. The van der Waals surface area contributed by atoms with Gasteiger partial charge in [-0.25, -0.2) is 4.39 Å². The molecule has 3 aromatic carbocycles. The zero-order valence-corrected chi connectivity index (χ0v) is 21.8. The summed E-state index contributed by atoms with van der Waals surface area (Å²) in [5, 5.41) is 18.2. The predicted octanol–water partition coefficient (Wildman–Crippen LogP) is 6.58. The number of pyridine rings is 1. The Morgan fingerprint density at radius 3 is 2.51 bits per heavy atom. The van der Waals surface area contributed by atoms with Crippen LogP contribution in [0.1, 0.15) is 40.7 Å². The lowest BCUT2D eigenvalue weighted by atomic mass is 9.98. The minimum absolute atomic E-state index is 0.325. The first kappa shape index (κ1) is 25.2. The van der Waals surface area contributed by atoms with E-state index in [4.69, 9.17) is 16.0 Å². The maximum absolute atomic E-state index is 13.5. The number of rotatable bonds is 7. The molecule has 8 heteroatoms. The molecule has 1 fully saturated rings. The Balaban J connectivity index is 1.38. The molecule has 196 valence electrons. The summed E-state index contributed by atoms with van der Waals surface area (Å²) < 4.78 is 19.6. The number of fused-ring (bicyclic) bond motifs is 1. The summed E-state index contributed by atoms with van der Waals surface area (Å²) in [7, 11) is 1.55. The zero-order chi connectivity index (χ0) is 27.1. The summed E-state index contributed by atoms with van der Waals surface area (Å²) in [5.41, 5.74) is 4.11. The third kappa shape index (κ3) is 4.69. The summed E-state index contributed by atoms with van der Waals surface area (Å²) in [6.07, 6.45) is 2.59. The Labute approximate surface area is 229 Å². The number of halogens is 2. The fourth-order valence-corrected chi connectivity index (χ4v) is 5.17. The van der Waals surface area contributed by atoms with Crippen LogP contribution < -0.4 is 10.6 Å². The highest BCUT2D eigenvalue weighted by Gasteiger charge is 2.46. The lowest BCUT2D eigenvalue weighted by Crippen LogP contribution is -2.33. The molecule has 6 rings (SSSR count). The molecular weight excluding hydrogens is 517 g/mol. The van der Waals surface area contributed by atoms with Crippen LogP contribution in [0.5, 0.6) is 0 Å². The van der Waals surface area contributed by atoms with Gasteiger partial charge in [0.25, 0.3) is 5.91 Å². The summed E-state index contributed by atoms with van der Waals surface area (Å²) in [5.74, 6) is -0.350. The van der Waals surface area contributed by atoms with Crippen LogP contribution in [0.4, 0.5) is 4.39 Å². The molecule has 0 bridgehead atoms. The molecule has 0 spiro atoms. The van der Waals surface area contributed by atoms with Crippen LogP contribution >= 0.6 is 11.6 Å². The van der Waals surface area contributed by atoms with Crippen molar-refractivity contribution in [3.8, 4) is 22.5 Å². The molecule has 6 nitrogen and oxygen atoms in total. The van der Waals surface area contributed by atoms with Crippen molar-refractivity contribution in [1.82, 2.24) is 15.6 Å². The smallest absolute Gasteiger partial charge is 0.255 e. The average Bonchev–Trinajstić information content (AvgIpc) is 3.65. The fourth-order valence-electron chi connectivity index (χ4n) is 4.94. The number of aliphatic hydroxyl groups excluding tert-OH is 1. The summed E-state index contributed by atoms with van der Waals surface area (Å²) in [6, 6.07) is 22.4. The van der Waals surface area contributed by atoms with Crippen molar-refractivity contribution >= 4 is 28.5 Å². The van der Waals surface area contributed by atoms with Crippen molar-refractivity contribution in [2.45, 2.75) is 24.6 Å². The van der Waals surface area contributed by atoms with E-state index in [2.05, 4.69) is 15.6 Å². The third-order valence-electron chi connectivity index (χ3n) is 7.18. The highest BCUT2D eigenvalue weighted by Crippen LogP contribution is 2.46. The Bertz CT molecular complexity index is 1680. The highest BCUT2D eigenvalue weighted by atomic mass is 35.5. The Morgan fingerprint density at radius 1 is 1.05 bits per heavy atom. The van der Waals surface area contributed by atoms with E-state index in [1.165, 1.54) is 12.1 Å². The van der Waals surface area contributed by atoms with E-state index in [9.17, 15) is 14.3 Å². The molecule has 1 aliphatic rings. The minimum Gasteiger partial charge on any atom is -0.455 e. The second-order valence-electron chi connectivity index (χ2n) is 9.69. The lowest BCUT2D eigenvalue weighted by Gasteiger charge is -2.22. The number of benzene rings is 3. The number of aromatic nitrogens is 1. The molecule has 1 saturated carbocycles. The first-order valence-corrected chi connectivity index (χ1v) is 13.0. The van der Waals surface area contributed by atoms with Gasteiger partial charge in [0, 0.05) is 34.8 Å². The van der Waals surface area contributed by atoms with Crippen LogP contribution in [-0.4, -0.2) is 23.0 Å². The molecule has 0 aliphatic heterocycles. The van der Waals surface area contributed by atoms with Crippen molar-refractivity contribution < 1.29 is 18.7 Å². The zero-order valence-electron chi connectivity index (χ0n) is 21.0. The summed E-state index contributed by atoms with van der Waals surface area (Å²) in [6.45, 7) is 0. The van der Waals surface area contributed by atoms with Crippen molar-refractivity contribution in [3.63, 3.8) is 0 Å². The first-order chi connectivity index (χ1) is 18.9. The van der Waals surface area contributed by atoms with Gasteiger partial charge in [0.15, 0.2) is 0 Å². The van der Waals surface area contributed by atoms with Gasteiger partial charge in [0.1, 0.15) is 23.4 Å². The largest absolute Gasteiger partial charge is 0.455 e. The normalized spacial score (nSPS) is 14.8.